The molecule has 0 radical (unpaired) electrons. The Bertz CT molecular complexity index is 445. The summed E-state index contributed by atoms with van der Waals surface area (Å²) in [5, 5.41) is 0. The molecule has 78 valence electrons. The SMILES string of the molecule is C[C@H](N)c1ncc(-c2ccc(F)cc2)[nH]1. The van der Waals surface area contributed by atoms with Crippen molar-refractivity contribution in [1.82, 2.24) is 9.97 Å². The largest absolute Gasteiger partial charge is 0.341 e. The normalized spacial score (nSPS) is 12.7. The Balaban J connectivity index is 2.33. The zero-order valence-corrected chi connectivity index (χ0v) is 8.37. The zero-order chi connectivity index (χ0) is 10.8. The highest BCUT2D eigenvalue weighted by Gasteiger charge is 2.06. The lowest BCUT2D eigenvalue weighted by Gasteiger charge is -1.99. The number of nitrogens with one attached hydrogen (secondary N) is 1. The average molecular weight is 205 g/mol. The van der Waals surface area contributed by atoms with Crippen molar-refractivity contribution >= 4 is 0 Å². The van der Waals surface area contributed by atoms with E-state index in [1.807, 2.05) is 6.92 Å². The van der Waals surface area contributed by atoms with Crippen molar-refractivity contribution in [1.29, 1.82) is 0 Å². The van der Waals surface area contributed by atoms with Crippen LogP contribution in [0.1, 0.15) is 18.8 Å². The number of benzene rings is 1. The van der Waals surface area contributed by atoms with Crippen LogP contribution in [0.15, 0.2) is 30.5 Å². The summed E-state index contributed by atoms with van der Waals surface area (Å²) >= 11 is 0. The number of H-pyrrole nitrogens is 1. The number of imidazole rings is 1. The molecule has 1 atom stereocenters. The maximum Gasteiger partial charge on any atom is 0.123 e. The van der Waals surface area contributed by atoms with Gasteiger partial charge in [0.2, 0.25) is 0 Å². The predicted molar refractivity (Wildman–Crippen MR) is 56.6 cm³/mol. The summed E-state index contributed by atoms with van der Waals surface area (Å²) in [7, 11) is 0. The first-order chi connectivity index (χ1) is 7.16. The van der Waals surface area contributed by atoms with E-state index in [0.717, 1.165) is 17.1 Å². The third-order valence-corrected chi connectivity index (χ3v) is 2.18. The Morgan fingerprint density at radius 2 is 2.00 bits per heavy atom. The van der Waals surface area contributed by atoms with Gasteiger partial charge in [-0.25, -0.2) is 9.37 Å². The van der Waals surface area contributed by atoms with Gasteiger partial charge in [-0.05, 0) is 36.8 Å². The standard InChI is InChI=1S/C11H12FN3/c1-7(13)11-14-6-10(15-11)8-2-4-9(12)5-3-8/h2-7H,13H2,1H3,(H,14,15)/t7-/m0/s1. The van der Waals surface area contributed by atoms with Crippen LogP contribution < -0.4 is 5.73 Å². The lowest BCUT2D eigenvalue weighted by molar-refractivity contribution is 0.628. The molecule has 0 bridgehead atoms. The Morgan fingerprint density at radius 3 is 2.53 bits per heavy atom. The van der Waals surface area contributed by atoms with Gasteiger partial charge in [-0.1, -0.05) is 0 Å². The summed E-state index contributed by atoms with van der Waals surface area (Å²) in [4.78, 5) is 7.23. The number of aromatic nitrogens is 2. The van der Waals surface area contributed by atoms with Gasteiger partial charge in [0.1, 0.15) is 11.6 Å². The van der Waals surface area contributed by atoms with Gasteiger partial charge in [0, 0.05) is 0 Å². The van der Waals surface area contributed by atoms with Crippen LogP contribution in [-0.4, -0.2) is 9.97 Å². The van der Waals surface area contributed by atoms with E-state index in [1.165, 1.54) is 12.1 Å². The fourth-order valence-corrected chi connectivity index (χ4v) is 1.34. The second kappa shape index (κ2) is 3.82. The van der Waals surface area contributed by atoms with E-state index in [4.69, 9.17) is 5.73 Å². The van der Waals surface area contributed by atoms with Crippen molar-refractivity contribution in [3.05, 3.63) is 42.1 Å². The van der Waals surface area contributed by atoms with Crippen LogP contribution in [0.3, 0.4) is 0 Å². The molecule has 0 aliphatic heterocycles. The molecule has 0 fully saturated rings. The molecule has 1 aromatic carbocycles. The second-order valence-corrected chi connectivity index (χ2v) is 3.48. The molecule has 0 spiro atoms. The summed E-state index contributed by atoms with van der Waals surface area (Å²) in [6.45, 7) is 1.85. The third kappa shape index (κ3) is 2.05. The van der Waals surface area contributed by atoms with Crippen molar-refractivity contribution in [2.24, 2.45) is 5.73 Å². The molecule has 0 saturated heterocycles. The summed E-state index contributed by atoms with van der Waals surface area (Å²) in [5.41, 5.74) is 7.42. The van der Waals surface area contributed by atoms with Gasteiger partial charge < -0.3 is 10.7 Å². The molecule has 3 N–H and O–H groups in total. The highest BCUT2D eigenvalue weighted by molar-refractivity contribution is 5.58. The summed E-state index contributed by atoms with van der Waals surface area (Å²) in [5.74, 6) is 0.486. The van der Waals surface area contributed by atoms with Crippen molar-refractivity contribution in [2.75, 3.05) is 0 Å². The van der Waals surface area contributed by atoms with Crippen LogP contribution in [0.5, 0.6) is 0 Å². The molecular formula is C11H12FN3. The van der Waals surface area contributed by atoms with E-state index in [-0.39, 0.29) is 11.9 Å². The van der Waals surface area contributed by atoms with Gasteiger partial charge >= 0.3 is 0 Å². The highest BCUT2D eigenvalue weighted by atomic mass is 19.1. The molecule has 0 aliphatic carbocycles. The van der Waals surface area contributed by atoms with Crippen molar-refractivity contribution in [3.63, 3.8) is 0 Å². The molecule has 0 aliphatic rings. The van der Waals surface area contributed by atoms with Crippen molar-refractivity contribution in [2.45, 2.75) is 13.0 Å². The molecule has 15 heavy (non-hydrogen) atoms. The molecule has 2 rings (SSSR count). The molecule has 4 heteroatoms. The van der Waals surface area contributed by atoms with Crippen LogP contribution in [0.25, 0.3) is 11.3 Å². The Kier molecular flexibility index (Phi) is 2.51. The van der Waals surface area contributed by atoms with Crippen molar-refractivity contribution in [3.8, 4) is 11.3 Å². The van der Waals surface area contributed by atoms with Crippen LogP contribution in [-0.2, 0) is 0 Å². The van der Waals surface area contributed by atoms with Gasteiger partial charge in [0.05, 0.1) is 17.9 Å². The Morgan fingerprint density at radius 1 is 1.33 bits per heavy atom. The summed E-state index contributed by atoms with van der Waals surface area (Å²) < 4.78 is 12.7. The highest BCUT2D eigenvalue weighted by Crippen LogP contribution is 2.18. The van der Waals surface area contributed by atoms with E-state index in [0.29, 0.717) is 0 Å². The number of rotatable bonds is 2. The van der Waals surface area contributed by atoms with Gasteiger partial charge in [-0.3, -0.25) is 0 Å². The monoisotopic (exact) mass is 205 g/mol. The van der Waals surface area contributed by atoms with E-state index >= 15 is 0 Å². The van der Waals surface area contributed by atoms with E-state index < -0.39 is 0 Å². The smallest absolute Gasteiger partial charge is 0.123 e. The number of hydrogen-bond donors (Lipinski definition) is 2. The lowest BCUT2D eigenvalue weighted by atomic mass is 10.2. The van der Waals surface area contributed by atoms with Gasteiger partial charge in [-0.2, -0.15) is 0 Å². The van der Waals surface area contributed by atoms with E-state index in [2.05, 4.69) is 9.97 Å². The molecule has 0 amide bonds. The fourth-order valence-electron chi connectivity index (χ4n) is 1.34. The number of aromatic amines is 1. The molecule has 0 saturated carbocycles. The first kappa shape index (κ1) is 9.86. The fraction of sp³-hybridized carbons (Fsp3) is 0.182. The van der Waals surface area contributed by atoms with E-state index in [1.54, 1.807) is 18.3 Å². The molecular weight excluding hydrogens is 193 g/mol. The molecule has 0 unspecified atom stereocenters. The summed E-state index contributed by atoms with van der Waals surface area (Å²) in [6, 6.07) is 6.12. The van der Waals surface area contributed by atoms with Gasteiger partial charge in [0.15, 0.2) is 0 Å². The van der Waals surface area contributed by atoms with Gasteiger partial charge in [-0.15, -0.1) is 0 Å². The minimum Gasteiger partial charge on any atom is -0.341 e. The minimum atomic E-state index is -0.245. The predicted octanol–water partition coefficient (Wildman–Crippen LogP) is 2.24. The van der Waals surface area contributed by atoms with Crippen LogP contribution in [0.2, 0.25) is 0 Å². The first-order valence-electron chi connectivity index (χ1n) is 4.73. The first-order valence-corrected chi connectivity index (χ1v) is 4.73. The zero-order valence-electron chi connectivity index (χ0n) is 8.37. The number of hydrogen-bond acceptors (Lipinski definition) is 2. The number of halogens is 1. The average Bonchev–Trinajstić information content (AvgIpc) is 2.68. The molecule has 2 aromatic rings. The number of nitrogens with zero attached hydrogens (tertiary/aromatic N) is 1. The maximum atomic E-state index is 12.7. The number of nitrogens with two attached hydrogens (primary N) is 1. The van der Waals surface area contributed by atoms with Crippen molar-refractivity contribution < 1.29 is 4.39 Å². The maximum absolute atomic E-state index is 12.7. The van der Waals surface area contributed by atoms with Gasteiger partial charge in [0.25, 0.3) is 0 Å². The molecule has 3 nitrogen and oxygen atoms in total. The topological polar surface area (TPSA) is 54.7 Å². The quantitative estimate of drug-likeness (QED) is 0.789. The van der Waals surface area contributed by atoms with Crippen LogP contribution in [0, 0.1) is 5.82 Å². The third-order valence-electron chi connectivity index (χ3n) is 2.18. The Labute approximate surface area is 87.2 Å². The second-order valence-electron chi connectivity index (χ2n) is 3.48. The van der Waals surface area contributed by atoms with Crippen LogP contribution in [0.4, 0.5) is 4.39 Å². The minimum absolute atomic E-state index is 0.126. The lowest BCUT2D eigenvalue weighted by Crippen LogP contribution is -2.06. The van der Waals surface area contributed by atoms with Crippen LogP contribution >= 0.6 is 0 Å². The molecule has 1 aromatic heterocycles. The van der Waals surface area contributed by atoms with E-state index in [9.17, 15) is 4.39 Å². The summed E-state index contributed by atoms with van der Waals surface area (Å²) in [6.07, 6.45) is 1.70. The molecule has 1 heterocycles. The Hall–Kier alpha value is -1.68.